The highest BCUT2D eigenvalue weighted by Crippen LogP contribution is 2.38. The normalized spacial score (nSPS) is 32.9. The molecule has 0 radical (unpaired) electrons. The standard InChI is InChI=1S/C12H17NO/c1-10-5-7-12(14,8-6-10)11-4-2-3-9-13-11/h2-4,9-10,14H,5-8H2,1H3. The zero-order chi connectivity index (χ0) is 10.0. The van der Waals surface area contributed by atoms with Gasteiger partial charge in [0, 0.05) is 6.20 Å². The van der Waals surface area contributed by atoms with Crippen LogP contribution in [0.1, 0.15) is 38.3 Å². The van der Waals surface area contributed by atoms with Gasteiger partial charge in [-0.05, 0) is 43.7 Å². The van der Waals surface area contributed by atoms with Crippen molar-refractivity contribution in [3.05, 3.63) is 30.1 Å². The Morgan fingerprint density at radius 1 is 1.36 bits per heavy atom. The molecule has 1 fully saturated rings. The Hall–Kier alpha value is -0.890. The van der Waals surface area contributed by atoms with Crippen LogP contribution >= 0.6 is 0 Å². The minimum Gasteiger partial charge on any atom is -0.384 e. The smallest absolute Gasteiger partial charge is 0.106 e. The fourth-order valence-corrected chi connectivity index (χ4v) is 2.13. The largest absolute Gasteiger partial charge is 0.384 e. The lowest BCUT2D eigenvalue weighted by atomic mass is 9.78. The summed E-state index contributed by atoms with van der Waals surface area (Å²) in [5.41, 5.74) is 0.181. The molecule has 2 heteroatoms. The molecule has 0 bridgehead atoms. The van der Waals surface area contributed by atoms with Crippen molar-refractivity contribution in [3.8, 4) is 0 Å². The first kappa shape index (κ1) is 9.66. The highest BCUT2D eigenvalue weighted by molar-refractivity contribution is 5.13. The number of aliphatic hydroxyl groups is 1. The Bertz CT molecular complexity index is 288. The van der Waals surface area contributed by atoms with E-state index in [0.717, 1.165) is 37.3 Å². The van der Waals surface area contributed by atoms with Crippen molar-refractivity contribution < 1.29 is 5.11 Å². The SMILES string of the molecule is CC1CCC(O)(c2ccccn2)CC1. The quantitative estimate of drug-likeness (QED) is 0.739. The molecule has 1 aromatic rings. The van der Waals surface area contributed by atoms with Gasteiger partial charge in [0.25, 0.3) is 0 Å². The van der Waals surface area contributed by atoms with Crippen LogP contribution in [-0.2, 0) is 5.60 Å². The Morgan fingerprint density at radius 2 is 2.07 bits per heavy atom. The van der Waals surface area contributed by atoms with E-state index in [4.69, 9.17) is 0 Å². The molecule has 0 spiro atoms. The van der Waals surface area contributed by atoms with Gasteiger partial charge in [-0.15, -0.1) is 0 Å². The molecule has 1 aliphatic rings. The number of hydrogen-bond acceptors (Lipinski definition) is 2. The summed E-state index contributed by atoms with van der Waals surface area (Å²) in [5, 5.41) is 10.4. The van der Waals surface area contributed by atoms with Crippen LogP contribution in [0, 0.1) is 5.92 Å². The molecule has 1 N–H and O–H groups in total. The monoisotopic (exact) mass is 191 g/mol. The highest BCUT2D eigenvalue weighted by Gasteiger charge is 2.34. The first-order valence-electron chi connectivity index (χ1n) is 5.35. The van der Waals surface area contributed by atoms with Crippen LogP contribution in [0.2, 0.25) is 0 Å². The predicted molar refractivity (Wildman–Crippen MR) is 55.8 cm³/mol. The third-order valence-corrected chi connectivity index (χ3v) is 3.24. The van der Waals surface area contributed by atoms with E-state index in [2.05, 4.69) is 11.9 Å². The molecule has 0 unspecified atom stereocenters. The maximum Gasteiger partial charge on any atom is 0.106 e. The van der Waals surface area contributed by atoms with E-state index in [1.807, 2.05) is 18.2 Å². The van der Waals surface area contributed by atoms with Gasteiger partial charge >= 0.3 is 0 Å². The molecule has 0 saturated heterocycles. The minimum atomic E-state index is -0.659. The van der Waals surface area contributed by atoms with E-state index in [0.29, 0.717) is 0 Å². The average Bonchev–Trinajstić information content (AvgIpc) is 2.24. The summed E-state index contributed by atoms with van der Waals surface area (Å²) in [5.74, 6) is 0.749. The number of rotatable bonds is 1. The lowest BCUT2D eigenvalue weighted by Gasteiger charge is -2.34. The van der Waals surface area contributed by atoms with Gasteiger partial charge in [0.05, 0.1) is 5.69 Å². The Labute approximate surface area is 85.0 Å². The molecular weight excluding hydrogens is 174 g/mol. The topological polar surface area (TPSA) is 33.1 Å². The Morgan fingerprint density at radius 3 is 2.64 bits per heavy atom. The van der Waals surface area contributed by atoms with Crippen LogP contribution in [-0.4, -0.2) is 10.1 Å². The van der Waals surface area contributed by atoms with Gasteiger partial charge in [-0.2, -0.15) is 0 Å². The van der Waals surface area contributed by atoms with Crippen LogP contribution < -0.4 is 0 Å². The van der Waals surface area contributed by atoms with Crippen LogP contribution in [0.3, 0.4) is 0 Å². The van der Waals surface area contributed by atoms with Gasteiger partial charge in [0.15, 0.2) is 0 Å². The molecule has 1 saturated carbocycles. The fraction of sp³-hybridized carbons (Fsp3) is 0.583. The van der Waals surface area contributed by atoms with Crippen molar-refractivity contribution in [2.24, 2.45) is 5.92 Å². The summed E-state index contributed by atoms with van der Waals surface area (Å²) in [6, 6.07) is 5.76. The molecule has 0 amide bonds. The average molecular weight is 191 g/mol. The van der Waals surface area contributed by atoms with E-state index < -0.39 is 5.60 Å². The molecule has 0 atom stereocenters. The van der Waals surface area contributed by atoms with Crippen LogP contribution in [0.5, 0.6) is 0 Å². The third-order valence-electron chi connectivity index (χ3n) is 3.24. The summed E-state index contributed by atoms with van der Waals surface area (Å²) in [4.78, 5) is 4.25. The van der Waals surface area contributed by atoms with Crippen molar-refractivity contribution in [3.63, 3.8) is 0 Å². The second-order valence-corrected chi connectivity index (χ2v) is 4.43. The second-order valence-electron chi connectivity index (χ2n) is 4.43. The number of hydrogen-bond donors (Lipinski definition) is 1. The molecule has 76 valence electrons. The molecule has 0 aromatic carbocycles. The first-order valence-corrected chi connectivity index (χ1v) is 5.35. The third kappa shape index (κ3) is 1.80. The summed E-state index contributed by atoms with van der Waals surface area (Å²) < 4.78 is 0. The zero-order valence-electron chi connectivity index (χ0n) is 8.61. The van der Waals surface area contributed by atoms with Gasteiger partial charge in [-0.25, -0.2) is 0 Å². The summed E-state index contributed by atoms with van der Waals surface area (Å²) in [6.45, 7) is 2.25. The van der Waals surface area contributed by atoms with E-state index >= 15 is 0 Å². The number of aromatic nitrogens is 1. The predicted octanol–water partition coefficient (Wildman–Crippen LogP) is 2.48. The van der Waals surface area contributed by atoms with Crippen LogP contribution in [0.25, 0.3) is 0 Å². The van der Waals surface area contributed by atoms with Gasteiger partial charge in [0.1, 0.15) is 5.60 Å². The van der Waals surface area contributed by atoms with Crippen molar-refractivity contribution in [2.45, 2.75) is 38.2 Å². The summed E-state index contributed by atoms with van der Waals surface area (Å²) in [6.07, 6.45) is 5.67. The molecule has 1 heterocycles. The molecule has 0 aliphatic heterocycles. The van der Waals surface area contributed by atoms with Crippen molar-refractivity contribution in [2.75, 3.05) is 0 Å². The van der Waals surface area contributed by atoms with Crippen molar-refractivity contribution in [1.82, 2.24) is 4.98 Å². The Kier molecular flexibility index (Phi) is 2.55. The fourth-order valence-electron chi connectivity index (χ4n) is 2.13. The second kappa shape index (κ2) is 3.70. The van der Waals surface area contributed by atoms with Crippen LogP contribution in [0.15, 0.2) is 24.4 Å². The Balaban J connectivity index is 2.17. The van der Waals surface area contributed by atoms with Gasteiger partial charge in [0.2, 0.25) is 0 Å². The molecule has 1 aliphatic carbocycles. The van der Waals surface area contributed by atoms with E-state index in [1.54, 1.807) is 6.20 Å². The molecule has 2 rings (SSSR count). The first-order chi connectivity index (χ1) is 6.71. The van der Waals surface area contributed by atoms with Crippen molar-refractivity contribution >= 4 is 0 Å². The minimum absolute atomic E-state index is 0.659. The van der Waals surface area contributed by atoms with Crippen LogP contribution in [0.4, 0.5) is 0 Å². The molecule has 1 aromatic heterocycles. The molecule has 14 heavy (non-hydrogen) atoms. The lowest BCUT2D eigenvalue weighted by molar-refractivity contribution is -0.0158. The van der Waals surface area contributed by atoms with E-state index in [1.165, 1.54) is 0 Å². The maximum atomic E-state index is 10.4. The number of nitrogens with zero attached hydrogens (tertiary/aromatic N) is 1. The lowest BCUT2D eigenvalue weighted by Crippen LogP contribution is -2.31. The number of pyridine rings is 1. The van der Waals surface area contributed by atoms with Gasteiger partial charge in [-0.1, -0.05) is 13.0 Å². The van der Waals surface area contributed by atoms with Crippen molar-refractivity contribution in [1.29, 1.82) is 0 Å². The van der Waals surface area contributed by atoms with Gasteiger partial charge in [-0.3, -0.25) is 4.98 Å². The summed E-state index contributed by atoms with van der Waals surface area (Å²) >= 11 is 0. The zero-order valence-corrected chi connectivity index (χ0v) is 8.61. The molecular formula is C12H17NO. The van der Waals surface area contributed by atoms with E-state index in [9.17, 15) is 5.11 Å². The van der Waals surface area contributed by atoms with E-state index in [-0.39, 0.29) is 0 Å². The van der Waals surface area contributed by atoms with Gasteiger partial charge < -0.3 is 5.11 Å². The molecule has 2 nitrogen and oxygen atoms in total. The highest BCUT2D eigenvalue weighted by atomic mass is 16.3. The maximum absolute atomic E-state index is 10.4. The summed E-state index contributed by atoms with van der Waals surface area (Å²) in [7, 11) is 0.